The number of ether oxygens (including phenoxy) is 1. The summed E-state index contributed by atoms with van der Waals surface area (Å²) in [7, 11) is -0.405. The van der Waals surface area contributed by atoms with Crippen molar-refractivity contribution in [1.82, 2.24) is 21.5 Å². The van der Waals surface area contributed by atoms with Gasteiger partial charge in [0.1, 0.15) is 40.9 Å². The zero-order chi connectivity index (χ0) is 35.0. The highest BCUT2D eigenvalue weighted by molar-refractivity contribution is 7.95. The van der Waals surface area contributed by atoms with Gasteiger partial charge in [-0.25, -0.2) is 0 Å². The molecular formula is C39H38N6O2PS2+. The molecular weight excluding hydrogens is 680 g/mol. The molecule has 0 aliphatic rings. The average molecular weight is 718 g/mol. The number of carbonyl (C=O) groups excluding carboxylic acids is 1. The van der Waals surface area contributed by atoms with Crippen LogP contribution in [0.2, 0.25) is 0 Å². The summed E-state index contributed by atoms with van der Waals surface area (Å²) >= 11 is 10.9. The van der Waals surface area contributed by atoms with Gasteiger partial charge in [0.2, 0.25) is 0 Å². The maximum atomic E-state index is 11.3. The van der Waals surface area contributed by atoms with Gasteiger partial charge < -0.3 is 15.4 Å². The molecule has 0 saturated heterocycles. The van der Waals surface area contributed by atoms with Gasteiger partial charge in [0, 0.05) is 30.3 Å². The first kappa shape index (κ1) is 36.2. The highest BCUT2D eigenvalue weighted by Crippen LogP contribution is 2.55. The summed E-state index contributed by atoms with van der Waals surface area (Å²) in [5.74, 6) is 0. The number of hydrazone groups is 2. The molecule has 0 amide bonds. The van der Waals surface area contributed by atoms with Crippen LogP contribution in [0.5, 0.6) is 0 Å². The first-order chi connectivity index (χ1) is 24.5. The van der Waals surface area contributed by atoms with E-state index in [-0.39, 0.29) is 0 Å². The van der Waals surface area contributed by atoms with E-state index in [9.17, 15) is 4.79 Å². The predicted octanol–water partition coefficient (Wildman–Crippen LogP) is 5.13. The van der Waals surface area contributed by atoms with Crippen LogP contribution in [-0.4, -0.2) is 54.5 Å². The predicted molar refractivity (Wildman–Crippen MR) is 216 cm³/mol. The smallest absolute Gasteiger partial charge is 0.187 e. The molecule has 4 N–H and O–H groups in total. The molecule has 0 fully saturated rings. The van der Waals surface area contributed by atoms with Gasteiger partial charge in [-0.3, -0.25) is 15.6 Å². The van der Waals surface area contributed by atoms with Crippen LogP contribution in [0.15, 0.2) is 156 Å². The summed E-state index contributed by atoms with van der Waals surface area (Å²) in [5.41, 5.74) is 8.92. The van der Waals surface area contributed by atoms with Crippen molar-refractivity contribution in [3.05, 3.63) is 162 Å². The van der Waals surface area contributed by atoms with Crippen LogP contribution in [0.4, 0.5) is 0 Å². The third-order valence-electron chi connectivity index (χ3n) is 7.77. The van der Waals surface area contributed by atoms with Gasteiger partial charge in [-0.15, -0.1) is 0 Å². The van der Waals surface area contributed by atoms with Crippen molar-refractivity contribution in [1.29, 1.82) is 0 Å². The molecule has 5 aromatic rings. The summed E-state index contributed by atoms with van der Waals surface area (Å²) < 4.78 is 6.48. The van der Waals surface area contributed by atoms with E-state index in [0.29, 0.717) is 46.7 Å². The van der Waals surface area contributed by atoms with E-state index in [1.165, 1.54) is 15.9 Å². The Hall–Kier alpha value is -5.12. The Labute approximate surface area is 304 Å². The van der Waals surface area contributed by atoms with Crippen molar-refractivity contribution in [2.24, 2.45) is 10.2 Å². The fraction of sp³-hybridized carbons (Fsp3) is 0.103. The van der Waals surface area contributed by atoms with Gasteiger partial charge in [0.25, 0.3) is 0 Å². The van der Waals surface area contributed by atoms with Crippen LogP contribution in [0.3, 0.4) is 0 Å². The van der Waals surface area contributed by atoms with Crippen molar-refractivity contribution in [3.63, 3.8) is 0 Å². The van der Waals surface area contributed by atoms with E-state index in [4.69, 9.17) is 34.3 Å². The Balaban J connectivity index is 1.32. The lowest BCUT2D eigenvalue weighted by molar-refractivity contribution is 0.112. The molecule has 0 heterocycles. The number of carbonyl (C=O) groups is 1. The van der Waals surface area contributed by atoms with Crippen molar-refractivity contribution in [3.8, 4) is 0 Å². The number of hydrogen-bond acceptors (Lipinski definition) is 6. The topological polar surface area (TPSA) is 99.1 Å². The molecule has 5 rings (SSSR count). The first-order valence-corrected chi connectivity index (χ1v) is 18.7. The Morgan fingerprint density at radius 3 is 1.54 bits per heavy atom. The Morgan fingerprint density at radius 2 is 1.08 bits per heavy atom. The number of hydrogen-bond donors (Lipinski definition) is 4. The quantitative estimate of drug-likeness (QED) is 0.0314. The number of nitrogens with one attached hydrogen (secondary N) is 4. The largest absolute Gasteiger partial charge is 0.364 e. The zero-order valence-corrected chi connectivity index (χ0v) is 30.1. The summed E-state index contributed by atoms with van der Waals surface area (Å²) in [6, 6.07) is 48.6. The number of nitrogens with zero attached hydrogens (tertiary/aromatic N) is 2. The Kier molecular flexibility index (Phi) is 13.4. The molecule has 0 bridgehead atoms. The molecule has 0 spiro atoms. The Bertz CT molecular complexity index is 1810. The SMILES string of the molecule is CNC(=S)N/N=C(/C(=N/NC(=S)NCCOC[P+](c1ccccc1)(c1ccccc1)c1ccccc1)c1ccccc1)c1ccc(C=O)cc1. The monoisotopic (exact) mass is 717 g/mol. The van der Waals surface area contributed by atoms with Crippen LogP contribution >= 0.6 is 31.7 Å². The molecule has 0 saturated carbocycles. The lowest BCUT2D eigenvalue weighted by atomic mass is 9.99. The molecule has 50 heavy (non-hydrogen) atoms. The van der Waals surface area contributed by atoms with E-state index in [1.54, 1.807) is 19.2 Å². The van der Waals surface area contributed by atoms with Crippen molar-refractivity contribution < 1.29 is 9.53 Å². The summed E-state index contributed by atoms with van der Waals surface area (Å²) in [6.45, 7) is 0.888. The normalized spacial score (nSPS) is 11.7. The number of benzene rings is 5. The van der Waals surface area contributed by atoms with Gasteiger partial charge >= 0.3 is 0 Å². The molecule has 0 radical (unpaired) electrons. The summed E-state index contributed by atoms with van der Waals surface area (Å²) in [4.78, 5) is 11.3. The maximum absolute atomic E-state index is 11.3. The van der Waals surface area contributed by atoms with E-state index in [0.717, 1.165) is 17.4 Å². The molecule has 8 nitrogen and oxygen atoms in total. The van der Waals surface area contributed by atoms with Gasteiger partial charge in [-0.1, -0.05) is 109 Å². The second-order valence-corrected chi connectivity index (χ2v) is 15.2. The molecule has 0 unspecified atom stereocenters. The lowest BCUT2D eigenvalue weighted by Crippen LogP contribution is -2.37. The summed E-state index contributed by atoms with van der Waals surface area (Å²) in [6.07, 6.45) is 1.33. The average Bonchev–Trinajstić information content (AvgIpc) is 3.19. The minimum absolute atomic E-state index is 0.326. The third kappa shape index (κ3) is 9.31. The van der Waals surface area contributed by atoms with Gasteiger partial charge in [0.15, 0.2) is 16.6 Å². The molecule has 0 aliphatic heterocycles. The highest BCUT2D eigenvalue weighted by Gasteiger charge is 2.45. The Morgan fingerprint density at radius 1 is 0.640 bits per heavy atom. The fourth-order valence-corrected chi connectivity index (χ4v) is 9.27. The van der Waals surface area contributed by atoms with E-state index >= 15 is 0 Å². The van der Waals surface area contributed by atoms with E-state index in [1.807, 2.05) is 60.7 Å². The maximum Gasteiger partial charge on any atom is 0.187 e. The number of aldehydes is 1. The van der Waals surface area contributed by atoms with E-state index in [2.05, 4.69) is 99.4 Å². The lowest BCUT2D eigenvalue weighted by Gasteiger charge is -2.27. The zero-order valence-electron chi connectivity index (χ0n) is 27.5. The van der Waals surface area contributed by atoms with Crippen molar-refractivity contribution in [2.75, 3.05) is 26.5 Å². The van der Waals surface area contributed by atoms with Crippen LogP contribution in [0.25, 0.3) is 0 Å². The van der Waals surface area contributed by atoms with Gasteiger partial charge in [0.05, 0.1) is 6.61 Å². The van der Waals surface area contributed by atoms with Crippen LogP contribution in [-0.2, 0) is 4.74 Å². The molecule has 0 atom stereocenters. The van der Waals surface area contributed by atoms with Crippen molar-refractivity contribution in [2.45, 2.75) is 0 Å². The van der Waals surface area contributed by atoms with E-state index < -0.39 is 7.26 Å². The van der Waals surface area contributed by atoms with Crippen LogP contribution in [0.1, 0.15) is 21.5 Å². The van der Waals surface area contributed by atoms with Crippen LogP contribution < -0.4 is 37.4 Å². The third-order valence-corrected chi connectivity index (χ3v) is 12.4. The molecule has 5 aromatic carbocycles. The molecule has 252 valence electrons. The minimum Gasteiger partial charge on any atom is -0.364 e. The summed E-state index contributed by atoms with van der Waals surface area (Å²) in [5, 5.41) is 19.8. The van der Waals surface area contributed by atoms with Gasteiger partial charge in [-0.05, 0) is 60.8 Å². The molecule has 0 aromatic heterocycles. The second kappa shape index (κ2) is 18.6. The fourth-order valence-electron chi connectivity index (χ4n) is 5.29. The first-order valence-electron chi connectivity index (χ1n) is 16.0. The second-order valence-electron chi connectivity index (χ2n) is 10.9. The van der Waals surface area contributed by atoms with Gasteiger partial charge in [-0.2, -0.15) is 10.2 Å². The highest BCUT2D eigenvalue weighted by atomic mass is 32.1. The molecule has 11 heteroatoms. The number of thiocarbonyl (C=S) groups is 2. The number of rotatable bonds is 14. The van der Waals surface area contributed by atoms with Crippen molar-refractivity contribution >= 4 is 75.5 Å². The minimum atomic E-state index is -2.11. The standard InChI is InChI=1S/C39H37N6O2PS2/c1-40-38(49)44-42-37(32-24-22-30(28-46)23-25-32)36(31-14-6-2-7-15-31)43-45-39(50)41-26-27-47-29-48(33-16-8-3-9-17-33,34-18-10-4-11-19-34)35-20-12-5-13-21-35/h2-25,28H,26-27,29H2,1H3,(H3-,40,41,42,43,44,45,46,49,50)/p+1. The van der Waals surface area contributed by atoms with Crippen LogP contribution in [0, 0.1) is 0 Å². The molecule has 0 aliphatic carbocycles.